The number of benzene rings is 1. The highest BCUT2D eigenvalue weighted by atomic mass is 16.3. The number of allylic oxidation sites excluding steroid dienone is 4. The van der Waals surface area contributed by atoms with E-state index < -0.39 is 0 Å². The highest BCUT2D eigenvalue weighted by Crippen LogP contribution is 2.44. The van der Waals surface area contributed by atoms with Gasteiger partial charge in [0.15, 0.2) is 0 Å². The summed E-state index contributed by atoms with van der Waals surface area (Å²) in [4.78, 5) is 0. The highest BCUT2D eigenvalue weighted by Gasteiger charge is 2.26. The van der Waals surface area contributed by atoms with Gasteiger partial charge in [-0.3, -0.25) is 0 Å². The number of nitrogens with one attached hydrogen (secondary N) is 1. The first kappa shape index (κ1) is 10.4. The van der Waals surface area contributed by atoms with Crippen molar-refractivity contribution in [2.24, 2.45) is 0 Å². The van der Waals surface area contributed by atoms with Crippen LogP contribution in [0, 0.1) is 0 Å². The summed E-state index contributed by atoms with van der Waals surface area (Å²) in [7, 11) is 1.96. The molecule has 2 N–H and O–H groups in total. The molecule has 2 aliphatic carbocycles. The van der Waals surface area contributed by atoms with Gasteiger partial charge in [0.05, 0.1) is 6.61 Å². The van der Waals surface area contributed by atoms with Gasteiger partial charge in [0.25, 0.3) is 0 Å². The predicted molar refractivity (Wildman–Crippen MR) is 70.2 cm³/mol. The fourth-order valence-electron chi connectivity index (χ4n) is 2.65. The van der Waals surface area contributed by atoms with Gasteiger partial charge in [-0.05, 0) is 28.7 Å². The molecular formula is C15H15NO. The third kappa shape index (κ3) is 1.45. The van der Waals surface area contributed by atoms with E-state index in [0.717, 1.165) is 12.0 Å². The highest BCUT2D eigenvalue weighted by molar-refractivity contribution is 6.00. The Kier molecular flexibility index (Phi) is 2.37. The number of aliphatic hydroxyl groups is 1. The van der Waals surface area contributed by atoms with E-state index in [1.165, 1.54) is 28.0 Å². The van der Waals surface area contributed by atoms with E-state index in [1.807, 2.05) is 13.1 Å². The van der Waals surface area contributed by atoms with Gasteiger partial charge in [-0.15, -0.1) is 0 Å². The number of fused-ring (bicyclic) bond motifs is 3. The molecule has 1 aromatic rings. The largest absolute Gasteiger partial charge is 0.392 e. The van der Waals surface area contributed by atoms with Crippen molar-refractivity contribution in [3.05, 3.63) is 58.7 Å². The first-order valence-corrected chi connectivity index (χ1v) is 5.86. The summed E-state index contributed by atoms with van der Waals surface area (Å²) < 4.78 is 0. The van der Waals surface area contributed by atoms with Gasteiger partial charge in [-0.25, -0.2) is 0 Å². The fourth-order valence-corrected chi connectivity index (χ4v) is 2.65. The molecule has 0 saturated heterocycles. The van der Waals surface area contributed by atoms with E-state index in [-0.39, 0.29) is 6.61 Å². The smallest absolute Gasteiger partial charge is 0.0648 e. The maximum absolute atomic E-state index is 9.25. The number of hydrogen-bond donors (Lipinski definition) is 2. The summed E-state index contributed by atoms with van der Waals surface area (Å²) >= 11 is 0. The summed E-state index contributed by atoms with van der Waals surface area (Å²) in [5.74, 6) is 0. The Bertz CT molecular complexity index is 564. The van der Waals surface area contributed by atoms with Crippen LogP contribution in [0.1, 0.15) is 17.5 Å². The van der Waals surface area contributed by atoms with Crippen LogP contribution >= 0.6 is 0 Å². The van der Waals surface area contributed by atoms with E-state index in [1.54, 1.807) is 0 Å². The van der Waals surface area contributed by atoms with Crippen molar-refractivity contribution >= 4 is 11.3 Å². The van der Waals surface area contributed by atoms with Crippen molar-refractivity contribution in [1.82, 2.24) is 5.32 Å². The van der Waals surface area contributed by atoms with Gasteiger partial charge >= 0.3 is 0 Å². The number of rotatable bonds is 2. The van der Waals surface area contributed by atoms with Crippen molar-refractivity contribution < 1.29 is 5.11 Å². The van der Waals surface area contributed by atoms with Crippen LogP contribution in [0.15, 0.2) is 47.6 Å². The van der Waals surface area contributed by atoms with Crippen molar-refractivity contribution in [1.29, 1.82) is 0 Å². The van der Waals surface area contributed by atoms with Gasteiger partial charge < -0.3 is 10.4 Å². The lowest BCUT2D eigenvalue weighted by Gasteiger charge is -2.14. The second-order valence-electron chi connectivity index (χ2n) is 4.39. The van der Waals surface area contributed by atoms with Crippen LogP contribution in [0.2, 0.25) is 0 Å². The SMILES string of the molecule is CNC1=C2CC(CO)=CC=C2c2ccccc21. The Morgan fingerprint density at radius 3 is 2.65 bits per heavy atom. The molecule has 17 heavy (non-hydrogen) atoms. The van der Waals surface area contributed by atoms with Crippen LogP contribution in [0.3, 0.4) is 0 Å². The maximum atomic E-state index is 9.25. The molecule has 0 bridgehead atoms. The summed E-state index contributed by atoms with van der Waals surface area (Å²) in [6, 6.07) is 8.44. The summed E-state index contributed by atoms with van der Waals surface area (Å²) in [5.41, 5.74) is 7.43. The fraction of sp³-hybridized carbons (Fsp3) is 0.200. The summed E-state index contributed by atoms with van der Waals surface area (Å²) in [5, 5.41) is 12.5. The lowest BCUT2D eigenvalue weighted by molar-refractivity contribution is 0.328. The van der Waals surface area contributed by atoms with E-state index >= 15 is 0 Å². The number of hydrogen-bond acceptors (Lipinski definition) is 2. The van der Waals surface area contributed by atoms with Gasteiger partial charge in [-0.1, -0.05) is 36.4 Å². The zero-order chi connectivity index (χ0) is 11.8. The first-order chi connectivity index (χ1) is 8.35. The van der Waals surface area contributed by atoms with E-state index in [2.05, 4.69) is 35.7 Å². The third-order valence-electron chi connectivity index (χ3n) is 3.46. The normalized spacial score (nSPS) is 17.3. The van der Waals surface area contributed by atoms with Crippen molar-refractivity contribution in [2.45, 2.75) is 6.42 Å². The van der Waals surface area contributed by atoms with Crippen LogP contribution in [0.4, 0.5) is 0 Å². The average molecular weight is 225 g/mol. The Balaban J connectivity index is 2.19. The zero-order valence-electron chi connectivity index (χ0n) is 9.83. The number of aliphatic hydroxyl groups excluding tert-OH is 1. The average Bonchev–Trinajstić information content (AvgIpc) is 2.71. The second-order valence-corrected chi connectivity index (χ2v) is 4.39. The Hall–Kier alpha value is -1.80. The Labute approximate surface area is 101 Å². The van der Waals surface area contributed by atoms with Gasteiger partial charge in [-0.2, -0.15) is 0 Å². The minimum Gasteiger partial charge on any atom is -0.392 e. The molecule has 86 valence electrons. The minimum atomic E-state index is 0.140. The standard InChI is InChI=1S/C15H15NO/c1-16-15-13-5-3-2-4-11(13)12-7-6-10(9-17)8-14(12)15/h2-7,16-17H,8-9H2,1H3. The predicted octanol–water partition coefficient (Wildman–Crippen LogP) is 2.34. The molecule has 2 heteroatoms. The van der Waals surface area contributed by atoms with Crippen molar-refractivity contribution in [3.63, 3.8) is 0 Å². The molecule has 0 spiro atoms. The molecule has 0 fully saturated rings. The second kappa shape index (κ2) is 3.90. The van der Waals surface area contributed by atoms with Crippen LogP contribution in [-0.2, 0) is 0 Å². The first-order valence-electron chi connectivity index (χ1n) is 5.86. The molecule has 2 nitrogen and oxygen atoms in total. The maximum Gasteiger partial charge on any atom is 0.0648 e. The quantitative estimate of drug-likeness (QED) is 0.809. The van der Waals surface area contributed by atoms with Crippen molar-refractivity contribution in [2.75, 3.05) is 13.7 Å². The van der Waals surface area contributed by atoms with Crippen molar-refractivity contribution in [3.8, 4) is 0 Å². The Morgan fingerprint density at radius 1 is 1.18 bits per heavy atom. The topological polar surface area (TPSA) is 32.3 Å². The summed E-state index contributed by atoms with van der Waals surface area (Å²) in [6.07, 6.45) is 5.00. The molecular weight excluding hydrogens is 210 g/mol. The minimum absolute atomic E-state index is 0.140. The molecule has 0 atom stereocenters. The molecule has 0 saturated carbocycles. The molecule has 0 amide bonds. The van der Waals surface area contributed by atoms with E-state index in [4.69, 9.17) is 0 Å². The third-order valence-corrected chi connectivity index (χ3v) is 3.46. The monoisotopic (exact) mass is 225 g/mol. The summed E-state index contributed by atoms with van der Waals surface area (Å²) in [6.45, 7) is 0.140. The molecule has 1 aromatic carbocycles. The molecule has 2 aliphatic rings. The lowest BCUT2D eigenvalue weighted by atomic mass is 9.92. The van der Waals surface area contributed by atoms with Gasteiger partial charge in [0, 0.05) is 18.3 Å². The Morgan fingerprint density at radius 2 is 1.94 bits per heavy atom. The molecule has 0 unspecified atom stereocenters. The van der Waals surface area contributed by atoms with Crippen LogP contribution in [0.25, 0.3) is 11.3 Å². The van der Waals surface area contributed by atoms with E-state index in [0.29, 0.717) is 0 Å². The van der Waals surface area contributed by atoms with Gasteiger partial charge in [0.1, 0.15) is 0 Å². The van der Waals surface area contributed by atoms with Crippen LogP contribution in [-0.4, -0.2) is 18.8 Å². The molecule has 0 heterocycles. The van der Waals surface area contributed by atoms with Crippen LogP contribution in [0.5, 0.6) is 0 Å². The zero-order valence-corrected chi connectivity index (χ0v) is 9.83. The lowest BCUT2D eigenvalue weighted by Crippen LogP contribution is -2.06. The van der Waals surface area contributed by atoms with Gasteiger partial charge in [0.2, 0.25) is 0 Å². The molecule has 0 aliphatic heterocycles. The molecule has 0 aromatic heterocycles. The molecule has 3 rings (SSSR count). The molecule has 0 radical (unpaired) electrons. The van der Waals surface area contributed by atoms with E-state index in [9.17, 15) is 5.11 Å². The van der Waals surface area contributed by atoms with Crippen LogP contribution < -0.4 is 5.32 Å².